The van der Waals surface area contributed by atoms with Crippen LogP contribution in [0.2, 0.25) is 0 Å². The Labute approximate surface area is 79.7 Å². The molecular weight excluding hydrogens is 160 g/mol. The van der Waals surface area contributed by atoms with Crippen LogP contribution in [0.3, 0.4) is 0 Å². The summed E-state index contributed by atoms with van der Waals surface area (Å²) in [5.74, 6) is 0.357. The van der Waals surface area contributed by atoms with Gasteiger partial charge < -0.3 is 5.11 Å². The van der Waals surface area contributed by atoms with Gasteiger partial charge in [0.25, 0.3) is 0 Å². The number of aliphatic hydroxyl groups is 1. The molecule has 70 valence electrons. The monoisotopic (exact) mass is 176 g/mol. The first kappa shape index (κ1) is 10.0. The van der Waals surface area contributed by atoms with E-state index >= 15 is 0 Å². The van der Waals surface area contributed by atoms with Gasteiger partial charge in [0.15, 0.2) is 0 Å². The molecule has 2 atom stereocenters. The normalized spacial score (nSPS) is 14.9. The zero-order valence-electron chi connectivity index (χ0n) is 7.98. The molecule has 1 N–H and O–H groups in total. The Morgan fingerprint density at radius 2 is 2.00 bits per heavy atom. The maximum atomic E-state index is 9.77. The molecule has 1 nitrogen and oxygen atoms in total. The summed E-state index contributed by atoms with van der Waals surface area (Å²) < 4.78 is 0. The molecular formula is C12H16O. The molecule has 1 rings (SSSR count). The van der Waals surface area contributed by atoms with Gasteiger partial charge in [-0.25, -0.2) is 0 Å². The van der Waals surface area contributed by atoms with Gasteiger partial charge in [-0.3, -0.25) is 0 Å². The summed E-state index contributed by atoms with van der Waals surface area (Å²) in [5.41, 5.74) is 0.983. The van der Waals surface area contributed by atoms with Crippen molar-refractivity contribution in [1.29, 1.82) is 0 Å². The first-order valence-electron chi connectivity index (χ1n) is 4.59. The van der Waals surface area contributed by atoms with Crippen molar-refractivity contribution in [2.45, 2.75) is 19.4 Å². The predicted molar refractivity (Wildman–Crippen MR) is 55.4 cm³/mol. The van der Waals surface area contributed by atoms with Crippen LogP contribution in [0.1, 0.15) is 25.0 Å². The summed E-state index contributed by atoms with van der Waals surface area (Å²) >= 11 is 0. The molecule has 0 aromatic heterocycles. The van der Waals surface area contributed by atoms with Crippen LogP contribution in [0.4, 0.5) is 0 Å². The minimum Gasteiger partial charge on any atom is -0.388 e. The van der Waals surface area contributed by atoms with E-state index in [4.69, 9.17) is 0 Å². The molecule has 0 aliphatic heterocycles. The SMILES string of the molecule is C=C[C@H](C)C[C@@H](O)c1ccccc1. The molecule has 1 aromatic rings. The molecule has 0 saturated heterocycles. The number of rotatable bonds is 4. The van der Waals surface area contributed by atoms with Crippen LogP contribution in [0.25, 0.3) is 0 Å². The summed E-state index contributed by atoms with van der Waals surface area (Å²) in [6.45, 7) is 5.75. The third kappa shape index (κ3) is 3.03. The number of hydrogen-bond donors (Lipinski definition) is 1. The van der Waals surface area contributed by atoms with Gasteiger partial charge in [-0.1, -0.05) is 43.3 Å². The fraction of sp³-hybridized carbons (Fsp3) is 0.333. The van der Waals surface area contributed by atoms with Gasteiger partial charge in [-0.05, 0) is 17.9 Å². The average molecular weight is 176 g/mol. The Hall–Kier alpha value is -1.08. The van der Waals surface area contributed by atoms with Crippen LogP contribution in [0.5, 0.6) is 0 Å². The Morgan fingerprint density at radius 3 is 2.54 bits per heavy atom. The Bertz CT molecular complexity index is 253. The second-order valence-corrected chi connectivity index (χ2v) is 3.38. The minimum absolute atomic E-state index is 0.357. The summed E-state index contributed by atoms with van der Waals surface area (Å²) in [5, 5.41) is 9.77. The van der Waals surface area contributed by atoms with Crippen molar-refractivity contribution < 1.29 is 5.11 Å². The Balaban J connectivity index is 2.58. The van der Waals surface area contributed by atoms with Crippen molar-refractivity contribution in [3.63, 3.8) is 0 Å². The molecule has 0 amide bonds. The van der Waals surface area contributed by atoms with E-state index in [1.54, 1.807) is 0 Å². The topological polar surface area (TPSA) is 20.2 Å². The van der Waals surface area contributed by atoms with Gasteiger partial charge in [0.2, 0.25) is 0 Å². The summed E-state index contributed by atoms with van der Waals surface area (Å²) in [4.78, 5) is 0. The number of allylic oxidation sites excluding steroid dienone is 1. The highest BCUT2D eigenvalue weighted by molar-refractivity contribution is 5.17. The summed E-state index contributed by atoms with van der Waals surface area (Å²) in [6, 6.07) is 9.72. The number of aliphatic hydroxyl groups excluding tert-OH is 1. The van der Waals surface area contributed by atoms with Crippen molar-refractivity contribution in [3.8, 4) is 0 Å². The Kier molecular flexibility index (Phi) is 3.71. The molecule has 0 fully saturated rings. The fourth-order valence-corrected chi connectivity index (χ4v) is 1.26. The van der Waals surface area contributed by atoms with E-state index in [-0.39, 0.29) is 6.10 Å². The minimum atomic E-state index is -0.366. The van der Waals surface area contributed by atoms with Crippen molar-refractivity contribution in [2.24, 2.45) is 5.92 Å². The van der Waals surface area contributed by atoms with E-state index in [9.17, 15) is 5.11 Å². The highest BCUT2D eigenvalue weighted by Gasteiger charge is 2.09. The first-order chi connectivity index (χ1) is 6.24. The standard InChI is InChI=1S/C12H16O/c1-3-10(2)9-12(13)11-7-5-4-6-8-11/h3-8,10,12-13H,1,9H2,2H3/t10-,12+/m0/s1. The van der Waals surface area contributed by atoms with Crippen LogP contribution in [0.15, 0.2) is 43.0 Å². The average Bonchev–Trinajstić information content (AvgIpc) is 2.19. The quantitative estimate of drug-likeness (QED) is 0.699. The third-order valence-corrected chi connectivity index (χ3v) is 2.18. The van der Waals surface area contributed by atoms with Gasteiger partial charge in [-0.2, -0.15) is 0 Å². The molecule has 0 saturated carbocycles. The molecule has 1 aromatic carbocycles. The lowest BCUT2D eigenvalue weighted by molar-refractivity contribution is 0.155. The van der Waals surface area contributed by atoms with E-state index < -0.39 is 0 Å². The molecule has 0 radical (unpaired) electrons. The molecule has 0 aliphatic rings. The fourth-order valence-electron chi connectivity index (χ4n) is 1.26. The maximum Gasteiger partial charge on any atom is 0.0795 e. The molecule has 1 heteroatoms. The van der Waals surface area contributed by atoms with Gasteiger partial charge >= 0.3 is 0 Å². The third-order valence-electron chi connectivity index (χ3n) is 2.18. The molecule has 0 aliphatic carbocycles. The zero-order valence-corrected chi connectivity index (χ0v) is 7.98. The number of hydrogen-bond acceptors (Lipinski definition) is 1. The van der Waals surface area contributed by atoms with Crippen LogP contribution in [-0.2, 0) is 0 Å². The van der Waals surface area contributed by atoms with E-state index in [1.165, 1.54) is 0 Å². The van der Waals surface area contributed by atoms with Gasteiger partial charge in [0.05, 0.1) is 6.10 Å². The largest absolute Gasteiger partial charge is 0.388 e. The zero-order chi connectivity index (χ0) is 9.68. The van der Waals surface area contributed by atoms with Gasteiger partial charge in [0, 0.05) is 0 Å². The smallest absolute Gasteiger partial charge is 0.0795 e. The lowest BCUT2D eigenvalue weighted by atomic mass is 9.98. The molecule has 0 unspecified atom stereocenters. The summed E-state index contributed by atoms with van der Waals surface area (Å²) in [6.07, 6.45) is 2.24. The lowest BCUT2D eigenvalue weighted by Gasteiger charge is -2.13. The lowest BCUT2D eigenvalue weighted by Crippen LogP contribution is -2.01. The maximum absolute atomic E-state index is 9.77. The van der Waals surface area contributed by atoms with Crippen LogP contribution in [-0.4, -0.2) is 5.11 Å². The Morgan fingerprint density at radius 1 is 1.38 bits per heavy atom. The molecule has 0 bridgehead atoms. The molecule has 13 heavy (non-hydrogen) atoms. The van der Waals surface area contributed by atoms with E-state index in [0.717, 1.165) is 12.0 Å². The van der Waals surface area contributed by atoms with E-state index in [2.05, 4.69) is 13.5 Å². The van der Waals surface area contributed by atoms with Crippen molar-refractivity contribution in [1.82, 2.24) is 0 Å². The highest BCUT2D eigenvalue weighted by Crippen LogP contribution is 2.20. The van der Waals surface area contributed by atoms with E-state index in [0.29, 0.717) is 5.92 Å². The van der Waals surface area contributed by atoms with Crippen molar-refractivity contribution in [2.75, 3.05) is 0 Å². The van der Waals surface area contributed by atoms with Crippen LogP contribution < -0.4 is 0 Å². The first-order valence-corrected chi connectivity index (χ1v) is 4.59. The van der Waals surface area contributed by atoms with Crippen molar-refractivity contribution >= 4 is 0 Å². The van der Waals surface area contributed by atoms with Gasteiger partial charge in [0.1, 0.15) is 0 Å². The highest BCUT2D eigenvalue weighted by atomic mass is 16.3. The second-order valence-electron chi connectivity index (χ2n) is 3.38. The molecule has 0 spiro atoms. The number of benzene rings is 1. The molecule has 0 heterocycles. The van der Waals surface area contributed by atoms with Crippen LogP contribution in [0, 0.1) is 5.92 Å². The van der Waals surface area contributed by atoms with E-state index in [1.807, 2.05) is 36.4 Å². The van der Waals surface area contributed by atoms with Crippen LogP contribution >= 0.6 is 0 Å². The summed E-state index contributed by atoms with van der Waals surface area (Å²) in [7, 11) is 0. The predicted octanol–water partition coefficient (Wildman–Crippen LogP) is 2.93. The van der Waals surface area contributed by atoms with Crippen molar-refractivity contribution in [3.05, 3.63) is 48.6 Å². The van der Waals surface area contributed by atoms with Gasteiger partial charge in [-0.15, -0.1) is 6.58 Å². The second kappa shape index (κ2) is 4.83.